The summed E-state index contributed by atoms with van der Waals surface area (Å²) in [5.74, 6) is 0. The van der Waals surface area contributed by atoms with Crippen LogP contribution in [0.1, 0.15) is 0 Å². The number of anilines is 2. The van der Waals surface area contributed by atoms with Gasteiger partial charge < -0.3 is 10.6 Å². The van der Waals surface area contributed by atoms with E-state index in [4.69, 9.17) is 12.2 Å². The Morgan fingerprint density at radius 3 is 2.84 bits per heavy atom. The largest absolute Gasteiger partial charge is 0.332 e. The topological polar surface area (TPSA) is 65.6 Å². The van der Waals surface area contributed by atoms with Gasteiger partial charge in [-0.05, 0) is 42.5 Å². The fourth-order valence-corrected chi connectivity index (χ4v) is 1.98. The van der Waals surface area contributed by atoms with Crippen molar-refractivity contribution in [1.82, 2.24) is 15.2 Å². The monoisotopic (exact) mass is 269 g/mol. The highest BCUT2D eigenvalue weighted by molar-refractivity contribution is 7.80. The number of pyridine rings is 1. The number of aromatic nitrogens is 3. The number of nitrogens with one attached hydrogen (secondary N) is 3. The molecule has 0 radical (unpaired) electrons. The third-order valence-electron chi connectivity index (χ3n) is 2.62. The molecule has 3 N–H and O–H groups in total. The van der Waals surface area contributed by atoms with E-state index < -0.39 is 0 Å². The summed E-state index contributed by atoms with van der Waals surface area (Å²) < 4.78 is 0. The molecule has 5 nitrogen and oxygen atoms in total. The van der Waals surface area contributed by atoms with E-state index in [0.717, 1.165) is 22.3 Å². The lowest BCUT2D eigenvalue weighted by molar-refractivity contribution is 1.12. The van der Waals surface area contributed by atoms with Crippen LogP contribution in [0.3, 0.4) is 0 Å². The molecule has 0 unspecified atom stereocenters. The van der Waals surface area contributed by atoms with Gasteiger partial charge in [-0.2, -0.15) is 5.10 Å². The number of thiocarbonyl (C=S) groups is 1. The standard InChI is InChI=1S/C13H11N5S/c19-13(17-11-2-1-5-14-8-11)16-10-4-3-9-7-15-18-12(9)6-10/h1-8H,(H,15,18)(H2,16,17,19). The van der Waals surface area contributed by atoms with E-state index in [0.29, 0.717) is 5.11 Å². The van der Waals surface area contributed by atoms with Crippen LogP contribution < -0.4 is 10.6 Å². The molecule has 0 aliphatic rings. The van der Waals surface area contributed by atoms with E-state index in [9.17, 15) is 0 Å². The first-order chi connectivity index (χ1) is 9.31. The maximum Gasteiger partial charge on any atom is 0.175 e. The summed E-state index contributed by atoms with van der Waals surface area (Å²) >= 11 is 5.24. The first-order valence-electron chi connectivity index (χ1n) is 5.72. The molecule has 0 aliphatic carbocycles. The van der Waals surface area contributed by atoms with Gasteiger partial charge in [0.15, 0.2) is 5.11 Å². The molecule has 0 fully saturated rings. The fourth-order valence-electron chi connectivity index (χ4n) is 1.74. The van der Waals surface area contributed by atoms with Crippen LogP contribution in [0.15, 0.2) is 48.9 Å². The molecule has 0 saturated carbocycles. The van der Waals surface area contributed by atoms with E-state index in [-0.39, 0.29) is 0 Å². The molecule has 1 aromatic carbocycles. The first kappa shape index (κ1) is 11.6. The number of hydrogen-bond donors (Lipinski definition) is 3. The molecule has 2 heterocycles. The van der Waals surface area contributed by atoms with E-state index in [1.807, 2.05) is 30.3 Å². The molecular weight excluding hydrogens is 258 g/mol. The molecule has 0 spiro atoms. The van der Waals surface area contributed by atoms with Crippen LogP contribution in [0.5, 0.6) is 0 Å². The number of H-pyrrole nitrogens is 1. The normalized spacial score (nSPS) is 10.3. The predicted molar refractivity (Wildman–Crippen MR) is 80.2 cm³/mol. The van der Waals surface area contributed by atoms with Crippen molar-refractivity contribution in [2.75, 3.05) is 10.6 Å². The minimum Gasteiger partial charge on any atom is -0.332 e. The molecule has 0 aliphatic heterocycles. The van der Waals surface area contributed by atoms with E-state index in [1.165, 1.54) is 0 Å². The lowest BCUT2D eigenvalue weighted by atomic mass is 10.2. The molecular formula is C13H11N5S. The van der Waals surface area contributed by atoms with E-state index in [1.54, 1.807) is 18.6 Å². The zero-order chi connectivity index (χ0) is 13.1. The van der Waals surface area contributed by atoms with Gasteiger partial charge in [-0.15, -0.1) is 0 Å². The summed E-state index contributed by atoms with van der Waals surface area (Å²) in [6.45, 7) is 0. The molecule has 2 aromatic heterocycles. The van der Waals surface area contributed by atoms with Crippen molar-refractivity contribution >= 4 is 39.6 Å². The summed E-state index contributed by atoms with van der Waals surface area (Å²) in [6.07, 6.45) is 5.21. The maximum absolute atomic E-state index is 5.24. The third-order valence-corrected chi connectivity index (χ3v) is 2.82. The number of aromatic amines is 1. The Balaban J connectivity index is 1.72. The van der Waals surface area contributed by atoms with E-state index >= 15 is 0 Å². The van der Waals surface area contributed by atoms with Crippen LogP contribution in [0, 0.1) is 0 Å². The van der Waals surface area contributed by atoms with Crippen LogP contribution in [0.25, 0.3) is 10.9 Å². The van der Waals surface area contributed by atoms with Gasteiger partial charge in [-0.25, -0.2) is 0 Å². The Morgan fingerprint density at radius 2 is 2.00 bits per heavy atom. The predicted octanol–water partition coefficient (Wildman–Crippen LogP) is 2.77. The van der Waals surface area contributed by atoms with Crippen LogP contribution in [-0.2, 0) is 0 Å². The zero-order valence-corrected chi connectivity index (χ0v) is 10.7. The fraction of sp³-hybridized carbons (Fsp3) is 0. The minimum absolute atomic E-state index is 0.520. The van der Waals surface area contributed by atoms with Gasteiger partial charge in [0.05, 0.1) is 23.6 Å². The summed E-state index contributed by atoms with van der Waals surface area (Å²) in [5, 5.41) is 14.7. The molecule has 0 atom stereocenters. The highest BCUT2D eigenvalue weighted by atomic mass is 32.1. The summed E-state index contributed by atoms with van der Waals surface area (Å²) in [7, 11) is 0. The number of hydrogen-bond acceptors (Lipinski definition) is 3. The lowest BCUT2D eigenvalue weighted by Gasteiger charge is -2.10. The molecule has 0 amide bonds. The minimum atomic E-state index is 0.520. The lowest BCUT2D eigenvalue weighted by Crippen LogP contribution is -2.19. The molecule has 0 bridgehead atoms. The number of nitrogens with zero attached hydrogens (tertiary/aromatic N) is 2. The molecule has 3 aromatic rings. The Hall–Kier alpha value is -2.47. The molecule has 0 saturated heterocycles. The van der Waals surface area contributed by atoms with Gasteiger partial charge in [0, 0.05) is 17.3 Å². The molecule has 94 valence electrons. The second kappa shape index (κ2) is 5.03. The van der Waals surface area contributed by atoms with Crippen molar-refractivity contribution < 1.29 is 0 Å². The molecule has 3 rings (SSSR count). The average molecular weight is 269 g/mol. The van der Waals surface area contributed by atoms with Crippen LogP contribution >= 0.6 is 12.2 Å². The summed E-state index contributed by atoms with van der Waals surface area (Å²) in [6, 6.07) is 9.64. The van der Waals surface area contributed by atoms with Gasteiger partial charge in [-0.3, -0.25) is 10.1 Å². The van der Waals surface area contributed by atoms with Gasteiger partial charge in [-0.1, -0.05) is 0 Å². The van der Waals surface area contributed by atoms with Crippen molar-refractivity contribution in [1.29, 1.82) is 0 Å². The van der Waals surface area contributed by atoms with Crippen molar-refractivity contribution in [3.8, 4) is 0 Å². The second-order valence-corrected chi connectivity index (χ2v) is 4.40. The van der Waals surface area contributed by atoms with Gasteiger partial charge in [0.2, 0.25) is 0 Å². The number of rotatable bonds is 2. The molecule has 19 heavy (non-hydrogen) atoms. The third kappa shape index (κ3) is 2.69. The Kier molecular flexibility index (Phi) is 3.07. The van der Waals surface area contributed by atoms with Gasteiger partial charge in [0.25, 0.3) is 0 Å². The highest BCUT2D eigenvalue weighted by Gasteiger charge is 2.01. The smallest absolute Gasteiger partial charge is 0.175 e. The molecule has 6 heteroatoms. The SMILES string of the molecule is S=C(Nc1cccnc1)Nc1ccc2cn[nH]c2c1. The first-order valence-corrected chi connectivity index (χ1v) is 6.13. The van der Waals surface area contributed by atoms with Crippen molar-refractivity contribution in [2.45, 2.75) is 0 Å². The van der Waals surface area contributed by atoms with E-state index in [2.05, 4.69) is 25.8 Å². The van der Waals surface area contributed by atoms with Crippen molar-refractivity contribution in [3.63, 3.8) is 0 Å². The van der Waals surface area contributed by atoms with Crippen LogP contribution in [0.2, 0.25) is 0 Å². The zero-order valence-electron chi connectivity index (χ0n) is 9.92. The Morgan fingerprint density at radius 1 is 1.11 bits per heavy atom. The van der Waals surface area contributed by atoms with Crippen LogP contribution in [-0.4, -0.2) is 20.3 Å². The highest BCUT2D eigenvalue weighted by Crippen LogP contribution is 2.16. The summed E-state index contributed by atoms with van der Waals surface area (Å²) in [5.41, 5.74) is 2.72. The van der Waals surface area contributed by atoms with Gasteiger partial charge in [0.1, 0.15) is 0 Å². The Labute approximate surface area is 115 Å². The maximum atomic E-state index is 5.24. The quantitative estimate of drug-likeness (QED) is 0.624. The van der Waals surface area contributed by atoms with Crippen molar-refractivity contribution in [3.05, 3.63) is 48.9 Å². The second-order valence-electron chi connectivity index (χ2n) is 3.99. The average Bonchev–Trinajstić information content (AvgIpc) is 2.87. The van der Waals surface area contributed by atoms with Gasteiger partial charge >= 0.3 is 0 Å². The van der Waals surface area contributed by atoms with Crippen LogP contribution in [0.4, 0.5) is 11.4 Å². The number of fused-ring (bicyclic) bond motifs is 1. The van der Waals surface area contributed by atoms with Crippen molar-refractivity contribution in [2.24, 2.45) is 0 Å². The summed E-state index contributed by atoms with van der Waals surface area (Å²) in [4.78, 5) is 4.02. The Bertz CT molecular complexity index is 707. The number of benzene rings is 1.